The van der Waals surface area contributed by atoms with Crippen LogP contribution in [0, 0.1) is 5.92 Å². The van der Waals surface area contributed by atoms with E-state index in [1.807, 2.05) is 30.3 Å². The van der Waals surface area contributed by atoms with Gasteiger partial charge in [-0.05, 0) is 55.0 Å². The zero-order chi connectivity index (χ0) is 23.8. The largest absolute Gasteiger partial charge is 0.323 e. The van der Waals surface area contributed by atoms with Crippen LogP contribution in [0.25, 0.3) is 15.9 Å². The summed E-state index contributed by atoms with van der Waals surface area (Å²) in [7, 11) is 0. The van der Waals surface area contributed by atoms with Gasteiger partial charge in [0, 0.05) is 4.88 Å². The topological polar surface area (TPSA) is 64.0 Å². The van der Waals surface area contributed by atoms with E-state index in [9.17, 15) is 9.59 Å². The van der Waals surface area contributed by atoms with Gasteiger partial charge in [-0.2, -0.15) is 0 Å². The predicted octanol–water partition coefficient (Wildman–Crippen LogP) is 6.61. The third kappa shape index (κ3) is 4.50. The third-order valence-electron chi connectivity index (χ3n) is 5.87. The Morgan fingerprint density at radius 2 is 1.91 bits per heavy atom. The van der Waals surface area contributed by atoms with E-state index in [2.05, 4.69) is 12.2 Å². The number of benzene rings is 2. The van der Waals surface area contributed by atoms with Gasteiger partial charge in [-0.3, -0.25) is 14.2 Å². The number of carbonyl (C=O) groups excluding carboxylic acids is 1. The molecule has 0 saturated carbocycles. The van der Waals surface area contributed by atoms with E-state index in [1.165, 1.54) is 16.6 Å². The molecule has 2 aromatic carbocycles. The molecule has 0 bridgehead atoms. The van der Waals surface area contributed by atoms with Crippen molar-refractivity contribution in [3.63, 3.8) is 0 Å². The fourth-order valence-corrected chi connectivity index (χ4v) is 6.92. The summed E-state index contributed by atoms with van der Waals surface area (Å²) in [6.45, 7) is 2.24. The minimum absolute atomic E-state index is 0.0501. The van der Waals surface area contributed by atoms with Crippen LogP contribution in [0.1, 0.15) is 23.8 Å². The molecule has 2 aromatic heterocycles. The normalized spacial score (nSPS) is 15.3. The molecule has 0 aliphatic heterocycles. The Hall–Kier alpha value is -2.32. The smallest absolute Gasteiger partial charge is 0.267 e. The van der Waals surface area contributed by atoms with Gasteiger partial charge in [0.15, 0.2) is 5.16 Å². The fraction of sp³-hybridized carbons (Fsp3) is 0.240. The number of thioether (sulfide) groups is 1. The van der Waals surface area contributed by atoms with Crippen LogP contribution in [0.3, 0.4) is 0 Å². The number of fused-ring (bicyclic) bond motifs is 3. The monoisotopic (exact) mass is 529 g/mol. The number of para-hydroxylation sites is 2. The number of thiophene rings is 1. The van der Waals surface area contributed by atoms with E-state index in [4.69, 9.17) is 28.2 Å². The van der Waals surface area contributed by atoms with Gasteiger partial charge >= 0.3 is 0 Å². The zero-order valence-corrected chi connectivity index (χ0v) is 21.5. The van der Waals surface area contributed by atoms with E-state index in [0.29, 0.717) is 32.2 Å². The van der Waals surface area contributed by atoms with E-state index < -0.39 is 0 Å². The first-order valence-electron chi connectivity index (χ1n) is 10.9. The van der Waals surface area contributed by atoms with Crippen LogP contribution >= 0.6 is 46.3 Å². The summed E-state index contributed by atoms with van der Waals surface area (Å²) >= 11 is 15.2. The van der Waals surface area contributed by atoms with E-state index in [1.54, 1.807) is 34.1 Å². The van der Waals surface area contributed by atoms with Crippen LogP contribution in [0.4, 0.5) is 5.69 Å². The van der Waals surface area contributed by atoms with Crippen molar-refractivity contribution < 1.29 is 4.79 Å². The first-order valence-corrected chi connectivity index (χ1v) is 13.5. The van der Waals surface area contributed by atoms with E-state index >= 15 is 0 Å². The van der Waals surface area contributed by atoms with Crippen molar-refractivity contribution in [3.05, 3.63) is 79.4 Å². The Balaban J connectivity index is 1.52. The lowest BCUT2D eigenvalue weighted by Gasteiger charge is -2.17. The molecule has 1 aliphatic carbocycles. The van der Waals surface area contributed by atoms with Gasteiger partial charge in [0.1, 0.15) is 4.83 Å². The highest BCUT2D eigenvalue weighted by Crippen LogP contribution is 2.37. The summed E-state index contributed by atoms with van der Waals surface area (Å²) in [4.78, 5) is 33.4. The SMILES string of the molecule is CC1CCc2c(sc3nc(SCC(=O)Nc4c(Cl)cccc4Cl)n(-c4ccccc4)c(=O)c23)C1. The maximum Gasteiger partial charge on any atom is 0.267 e. The molecular formula is C25H21Cl2N3O2S2. The van der Waals surface area contributed by atoms with Crippen LogP contribution in [-0.2, 0) is 17.6 Å². The van der Waals surface area contributed by atoms with Crippen LogP contribution in [0.2, 0.25) is 10.0 Å². The summed E-state index contributed by atoms with van der Waals surface area (Å²) in [6, 6.07) is 14.5. The number of amides is 1. The van der Waals surface area contributed by atoms with Crippen molar-refractivity contribution in [3.8, 4) is 5.69 Å². The number of nitrogens with one attached hydrogen (secondary N) is 1. The molecule has 1 amide bonds. The average Bonchev–Trinajstić information content (AvgIpc) is 3.18. The Kier molecular flexibility index (Phi) is 6.71. The molecule has 1 atom stereocenters. The molecule has 0 spiro atoms. The second-order valence-corrected chi connectivity index (χ2v) is 11.2. The quantitative estimate of drug-likeness (QED) is 0.233. The molecule has 2 heterocycles. The standard InChI is InChI=1S/C25H21Cl2N3O2S2/c1-14-10-11-16-19(12-14)34-23-21(16)24(32)30(15-6-3-2-4-7-15)25(29-23)33-13-20(31)28-22-17(26)8-5-9-18(22)27/h2-9,14H,10-13H2,1H3,(H,28,31). The number of hydrogen-bond donors (Lipinski definition) is 1. The highest BCUT2D eigenvalue weighted by Gasteiger charge is 2.25. The molecule has 9 heteroatoms. The highest BCUT2D eigenvalue weighted by atomic mass is 35.5. The maximum absolute atomic E-state index is 13.8. The van der Waals surface area contributed by atoms with Gasteiger partial charge in [0.05, 0.1) is 32.6 Å². The van der Waals surface area contributed by atoms with Crippen molar-refractivity contribution in [2.45, 2.75) is 31.3 Å². The average molecular weight is 531 g/mol. The van der Waals surface area contributed by atoms with Gasteiger partial charge in [-0.25, -0.2) is 4.98 Å². The Labute approximate surface area is 215 Å². The van der Waals surface area contributed by atoms with Crippen LogP contribution in [0.15, 0.2) is 58.5 Å². The molecule has 1 N–H and O–H groups in total. The molecule has 1 aliphatic rings. The molecular weight excluding hydrogens is 509 g/mol. The molecule has 174 valence electrons. The van der Waals surface area contributed by atoms with Crippen molar-refractivity contribution >= 4 is 68.1 Å². The Bertz CT molecular complexity index is 1430. The Morgan fingerprint density at radius 3 is 2.65 bits per heavy atom. The summed E-state index contributed by atoms with van der Waals surface area (Å²) < 4.78 is 1.62. The summed E-state index contributed by atoms with van der Waals surface area (Å²) in [6.07, 6.45) is 2.95. The second-order valence-electron chi connectivity index (χ2n) is 8.34. The van der Waals surface area contributed by atoms with Crippen molar-refractivity contribution in [1.82, 2.24) is 9.55 Å². The third-order valence-corrected chi connectivity index (χ3v) is 8.59. The molecule has 4 aromatic rings. The zero-order valence-electron chi connectivity index (χ0n) is 18.3. The lowest BCUT2D eigenvalue weighted by atomic mass is 9.89. The highest BCUT2D eigenvalue weighted by molar-refractivity contribution is 7.99. The molecule has 5 nitrogen and oxygen atoms in total. The molecule has 0 saturated heterocycles. The molecule has 0 radical (unpaired) electrons. The predicted molar refractivity (Wildman–Crippen MR) is 142 cm³/mol. The van der Waals surface area contributed by atoms with Crippen molar-refractivity contribution in [2.75, 3.05) is 11.1 Å². The number of nitrogens with zero attached hydrogens (tertiary/aromatic N) is 2. The number of hydrogen-bond acceptors (Lipinski definition) is 5. The van der Waals surface area contributed by atoms with E-state index in [-0.39, 0.29) is 17.2 Å². The molecule has 34 heavy (non-hydrogen) atoms. The number of aryl methyl sites for hydroxylation is 1. The second kappa shape index (κ2) is 9.74. The van der Waals surface area contributed by atoms with Gasteiger partial charge in [-0.1, -0.05) is 66.2 Å². The fourth-order valence-electron chi connectivity index (χ4n) is 4.20. The number of rotatable bonds is 5. The molecule has 0 fully saturated rings. The van der Waals surface area contributed by atoms with Crippen LogP contribution in [-0.4, -0.2) is 21.2 Å². The minimum atomic E-state index is -0.284. The summed E-state index contributed by atoms with van der Waals surface area (Å²) in [5.74, 6) is 0.369. The first-order chi connectivity index (χ1) is 16.4. The minimum Gasteiger partial charge on any atom is -0.323 e. The number of aromatic nitrogens is 2. The number of halogens is 2. The van der Waals surface area contributed by atoms with Crippen LogP contribution < -0.4 is 10.9 Å². The van der Waals surface area contributed by atoms with Gasteiger partial charge in [-0.15, -0.1) is 11.3 Å². The Morgan fingerprint density at radius 1 is 1.18 bits per heavy atom. The van der Waals surface area contributed by atoms with Gasteiger partial charge in [0.25, 0.3) is 5.56 Å². The molecule has 1 unspecified atom stereocenters. The first kappa shape index (κ1) is 23.4. The van der Waals surface area contributed by atoms with Gasteiger partial charge < -0.3 is 5.32 Å². The lowest BCUT2D eigenvalue weighted by Crippen LogP contribution is -2.23. The molecule has 5 rings (SSSR count). The summed E-state index contributed by atoms with van der Waals surface area (Å²) in [5, 5.41) is 4.70. The van der Waals surface area contributed by atoms with Crippen molar-refractivity contribution in [1.29, 1.82) is 0 Å². The number of carbonyl (C=O) groups is 1. The van der Waals surface area contributed by atoms with Crippen LogP contribution in [0.5, 0.6) is 0 Å². The van der Waals surface area contributed by atoms with E-state index in [0.717, 1.165) is 35.3 Å². The van der Waals surface area contributed by atoms with Crippen molar-refractivity contribution in [2.24, 2.45) is 5.92 Å². The van der Waals surface area contributed by atoms with Gasteiger partial charge in [0.2, 0.25) is 5.91 Å². The lowest BCUT2D eigenvalue weighted by molar-refractivity contribution is -0.113. The summed E-state index contributed by atoms with van der Waals surface area (Å²) in [5.41, 5.74) is 2.16. The maximum atomic E-state index is 13.8. The number of anilines is 1.